The molecule has 4 N–H and O–H groups in total. The number of ketones is 1. The van der Waals surface area contributed by atoms with Crippen molar-refractivity contribution >= 4 is 5.78 Å². The minimum Gasteiger partial charge on any atom is -0.508 e. The van der Waals surface area contributed by atoms with Crippen molar-refractivity contribution in [2.75, 3.05) is 6.61 Å². The molecule has 2 aliphatic rings. The van der Waals surface area contributed by atoms with Gasteiger partial charge in [0.05, 0.1) is 12.2 Å². The molecular weight excluding hydrogens is 320 g/mol. The highest BCUT2D eigenvalue weighted by atomic mass is 16.4. The monoisotopic (exact) mass is 348 g/mol. The second kappa shape index (κ2) is 5.53. The summed E-state index contributed by atoms with van der Waals surface area (Å²) in [5.74, 6) is -0.500. The SMILES string of the molecule is CC(C)c1cc2c(cc1O)[C@@]1(C)CC[C@](C)(O)[C@@](O)(CO)[C@@H]1CC2=O. The summed E-state index contributed by atoms with van der Waals surface area (Å²) >= 11 is 0. The first-order chi connectivity index (χ1) is 11.5. The van der Waals surface area contributed by atoms with Gasteiger partial charge in [-0.1, -0.05) is 20.8 Å². The number of fused-ring (bicyclic) bond motifs is 3. The third-order valence-corrected chi connectivity index (χ3v) is 6.74. The van der Waals surface area contributed by atoms with Gasteiger partial charge in [-0.3, -0.25) is 4.79 Å². The Kier molecular flexibility index (Phi) is 4.06. The van der Waals surface area contributed by atoms with Crippen LogP contribution in [0.2, 0.25) is 0 Å². The zero-order valence-corrected chi connectivity index (χ0v) is 15.3. The number of aromatic hydroxyl groups is 1. The summed E-state index contributed by atoms with van der Waals surface area (Å²) in [4.78, 5) is 12.8. The Labute approximate surface area is 148 Å². The first kappa shape index (κ1) is 18.4. The highest BCUT2D eigenvalue weighted by Gasteiger charge is 2.63. The van der Waals surface area contributed by atoms with Crippen LogP contribution in [0.25, 0.3) is 0 Å². The van der Waals surface area contributed by atoms with Gasteiger partial charge in [0.1, 0.15) is 11.4 Å². The van der Waals surface area contributed by atoms with Crippen LogP contribution in [0.1, 0.15) is 74.4 Å². The lowest BCUT2D eigenvalue weighted by Gasteiger charge is -2.58. The number of carbonyl (C=O) groups is 1. The molecule has 1 fully saturated rings. The van der Waals surface area contributed by atoms with E-state index in [-0.39, 0.29) is 23.9 Å². The Morgan fingerprint density at radius 1 is 1.20 bits per heavy atom. The van der Waals surface area contributed by atoms with Crippen LogP contribution < -0.4 is 0 Å². The maximum absolute atomic E-state index is 12.8. The van der Waals surface area contributed by atoms with Crippen molar-refractivity contribution in [3.05, 3.63) is 28.8 Å². The van der Waals surface area contributed by atoms with Crippen molar-refractivity contribution < 1.29 is 25.2 Å². The van der Waals surface area contributed by atoms with Crippen LogP contribution in [-0.4, -0.2) is 44.0 Å². The lowest BCUT2D eigenvalue weighted by Crippen LogP contribution is -2.68. The second-order valence-electron chi connectivity index (χ2n) is 8.56. The number of phenols is 1. The summed E-state index contributed by atoms with van der Waals surface area (Å²) in [7, 11) is 0. The Morgan fingerprint density at radius 2 is 1.84 bits per heavy atom. The van der Waals surface area contributed by atoms with Crippen molar-refractivity contribution in [3.63, 3.8) is 0 Å². The summed E-state index contributed by atoms with van der Waals surface area (Å²) < 4.78 is 0. The van der Waals surface area contributed by atoms with Crippen molar-refractivity contribution in [2.45, 2.75) is 69.5 Å². The Hall–Kier alpha value is -1.43. The number of carbonyl (C=O) groups excluding carboxylic acids is 1. The molecule has 4 atom stereocenters. The molecule has 0 radical (unpaired) electrons. The minimum atomic E-state index is -1.76. The molecule has 0 amide bonds. The quantitative estimate of drug-likeness (QED) is 0.657. The number of aliphatic hydroxyl groups excluding tert-OH is 1. The van der Waals surface area contributed by atoms with E-state index in [1.54, 1.807) is 12.1 Å². The van der Waals surface area contributed by atoms with E-state index in [0.717, 1.165) is 5.56 Å². The molecule has 2 aliphatic carbocycles. The maximum Gasteiger partial charge on any atom is 0.163 e. The highest BCUT2D eigenvalue weighted by Crippen LogP contribution is 2.57. The van der Waals surface area contributed by atoms with E-state index >= 15 is 0 Å². The number of phenolic OH excluding ortho intramolecular Hbond substituents is 1. The Morgan fingerprint density at radius 3 is 2.40 bits per heavy atom. The Bertz CT molecular complexity index is 723. The molecule has 138 valence electrons. The van der Waals surface area contributed by atoms with Gasteiger partial charge in [0.25, 0.3) is 0 Å². The van der Waals surface area contributed by atoms with Crippen LogP contribution in [0.15, 0.2) is 12.1 Å². The number of aliphatic hydroxyl groups is 3. The summed E-state index contributed by atoms with van der Waals surface area (Å²) in [5.41, 5.74) is -1.81. The molecule has 1 aromatic rings. The summed E-state index contributed by atoms with van der Waals surface area (Å²) in [6, 6.07) is 3.41. The van der Waals surface area contributed by atoms with E-state index in [2.05, 4.69) is 0 Å². The number of rotatable bonds is 2. The van der Waals surface area contributed by atoms with Gasteiger partial charge in [-0.15, -0.1) is 0 Å². The van der Waals surface area contributed by atoms with Gasteiger partial charge in [0.2, 0.25) is 0 Å². The van der Waals surface area contributed by atoms with Crippen molar-refractivity contribution in [3.8, 4) is 5.75 Å². The van der Waals surface area contributed by atoms with E-state index < -0.39 is 29.1 Å². The predicted octanol–water partition coefficient (Wildman–Crippen LogP) is 2.24. The topological polar surface area (TPSA) is 98.0 Å². The van der Waals surface area contributed by atoms with E-state index in [4.69, 9.17) is 0 Å². The largest absolute Gasteiger partial charge is 0.508 e. The number of benzene rings is 1. The molecule has 1 aromatic carbocycles. The molecule has 25 heavy (non-hydrogen) atoms. The fourth-order valence-electron chi connectivity index (χ4n) is 4.86. The number of hydrogen-bond acceptors (Lipinski definition) is 5. The third kappa shape index (κ3) is 2.36. The first-order valence-corrected chi connectivity index (χ1v) is 8.94. The molecular formula is C20H28O5. The van der Waals surface area contributed by atoms with Crippen molar-refractivity contribution in [1.29, 1.82) is 0 Å². The van der Waals surface area contributed by atoms with E-state index in [0.29, 0.717) is 24.0 Å². The van der Waals surface area contributed by atoms with Gasteiger partial charge in [0.15, 0.2) is 5.78 Å². The molecule has 0 bridgehead atoms. The molecule has 5 nitrogen and oxygen atoms in total. The van der Waals surface area contributed by atoms with Gasteiger partial charge in [0, 0.05) is 17.9 Å². The van der Waals surface area contributed by atoms with Crippen LogP contribution in [-0.2, 0) is 5.41 Å². The van der Waals surface area contributed by atoms with Crippen molar-refractivity contribution in [1.82, 2.24) is 0 Å². The molecule has 0 unspecified atom stereocenters. The molecule has 0 aliphatic heterocycles. The van der Waals surface area contributed by atoms with Crippen LogP contribution in [0, 0.1) is 5.92 Å². The van der Waals surface area contributed by atoms with Gasteiger partial charge in [-0.25, -0.2) is 0 Å². The van der Waals surface area contributed by atoms with Crippen LogP contribution in [0.3, 0.4) is 0 Å². The third-order valence-electron chi connectivity index (χ3n) is 6.74. The van der Waals surface area contributed by atoms with E-state index in [1.165, 1.54) is 6.92 Å². The van der Waals surface area contributed by atoms with E-state index in [1.807, 2.05) is 20.8 Å². The lowest BCUT2D eigenvalue weighted by atomic mass is 9.49. The number of Topliss-reactive ketones (excluding diaryl/α,β-unsaturated/α-hetero) is 1. The van der Waals surface area contributed by atoms with Crippen LogP contribution in [0.4, 0.5) is 0 Å². The highest BCUT2D eigenvalue weighted by molar-refractivity contribution is 6.00. The molecule has 0 saturated heterocycles. The molecule has 0 aromatic heterocycles. The Balaban J connectivity index is 2.22. The van der Waals surface area contributed by atoms with Gasteiger partial charge >= 0.3 is 0 Å². The smallest absolute Gasteiger partial charge is 0.163 e. The summed E-state index contributed by atoms with van der Waals surface area (Å²) in [5, 5.41) is 42.1. The fraction of sp³-hybridized carbons (Fsp3) is 0.650. The normalized spacial score (nSPS) is 37.8. The molecule has 1 saturated carbocycles. The first-order valence-electron chi connectivity index (χ1n) is 8.94. The fourth-order valence-corrected chi connectivity index (χ4v) is 4.86. The number of hydrogen-bond donors (Lipinski definition) is 4. The molecule has 5 heteroatoms. The van der Waals surface area contributed by atoms with Crippen LogP contribution >= 0.6 is 0 Å². The average Bonchev–Trinajstić information content (AvgIpc) is 2.54. The maximum atomic E-state index is 12.8. The predicted molar refractivity (Wildman–Crippen MR) is 93.9 cm³/mol. The summed E-state index contributed by atoms with van der Waals surface area (Å²) in [6.45, 7) is 6.78. The lowest BCUT2D eigenvalue weighted by molar-refractivity contribution is -0.229. The summed E-state index contributed by atoms with van der Waals surface area (Å²) in [6.07, 6.45) is 0.935. The zero-order valence-electron chi connectivity index (χ0n) is 15.3. The van der Waals surface area contributed by atoms with Gasteiger partial charge in [-0.05, 0) is 54.4 Å². The zero-order chi connectivity index (χ0) is 18.8. The average molecular weight is 348 g/mol. The van der Waals surface area contributed by atoms with Crippen molar-refractivity contribution in [2.24, 2.45) is 5.92 Å². The second-order valence-corrected chi connectivity index (χ2v) is 8.56. The van der Waals surface area contributed by atoms with E-state index in [9.17, 15) is 25.2 Å². The minimum absolute atomic E-state index is 0.0685. The van der Waals surface area contributed by atoms with Gasteiger partial charge in [-0.2, -0.15) is 0 Å². The molecule has 3 rings (SSSR count). The molecule has 0 heterocycles. The van der Waals surface area contributed by atoms with Gasteiger partial charge < -0.3 is 20.4 Å². The standard InChI is InChI=1S/C20H28O5/c1-11(2)12-7-13-14(8-15(12)22)18(3)5-6-19(4,24)20(25,10-21)17(18)9-16(13)23/h7-8,11,17,21-22,24-25H,5-6,9-10H2,1-4H3/t17-,18-,19+,20-/m1/s1. The molecule has 0 spiro atoms. The van der Waals surface area contributed by atoms with Crippen LogP contribution in [0.5, 0.6) is 5.75 Å².